The van der Waals surface area contributed by atoms with E-state index in [0.717, 1.165) is 0 Å². The van der Waals surface area contributed by atoms with Crippen molar-refractivity contribution in [3.05, 3.63) is 0 Å². The Labute approximate surface area is 77.5 Å². The molecule has 1 atom stereocenters. The molecule has 2 N–H and O–H groups in total. The molecule has 0 radical (unpaired) electrons. The van der Waals surface area contributed by atoms with Gasteiger partial charge in [0.2, 0.25) is 0 Å². The van der Waals surface area contributed by atoms with E-state index in [4.69, 9.17) is 21.8 Å². The van der Waals surface area contributed by atoms with Gasteiger partial charge in [-0.05, 0) is 0 Å². The van der Waals surface area contributed by atoms with Crippen molar-refractivity contribution in [2.45, 2.75) is 6.10 Å². The van der Waals surface area contributed by atoms with Crippen LogP contribution in [0.4, 0.5) is 0 Å². The van der Waals surface area contributed by atoms with E-state index in [0.29, 0.717) is 0 Å². The normalized spacial score (nSPS) is 12.4. The molecule has 0 amide bonds. The van der Waals surface area contributed by atoms with Gasteiger partial charge in [-0.2, -0.15) is 0 Å². The Bertz CT molecular complexity index is 32.1. The summed E-state index contributed by atoms with van der Waals surface area (Å²) in [5, 5.41) is 16.3. The molecule has 4 heteroatoms. The average molecular weight is 153 g/mol. The van der Waals surface area contributed by atoms with Crippen LogP contribution < -0.4 is 0 Å². The third-order valence-electron chi connectivity index (χ3n) is 0.389. The molecule has 0 spiro atoms. The van der Waals surface area contributed by atoms with Crippen LogP contribution in [0.2, 0.25) is 0 Å². The summed E-state index contributed by atoms with van der Waals surface area (Å²) in [6.45, 7) is -0.247. The minimum atomic E-state index is -0.744. The van der Waals surface area contributed by atoms with E-state index >= 15 is 0 Å². The summed E-state index contributed by atoms with van der Waals surface area (Å²) in [4.78, 5) is 0. The Balaban J connectivity index is 0. The van der Waals surface area contributed by atoms with E-state index in [1.807, 2.05) is 0 Å². The van der Waals surface area contributed by atoms with Gasteiger partial charge in [-0.15, -0.1) is 11.6 Å². The third-order valence-corrected chi connectivity index (χ3v) is 0.745. The van der Waals surface area contributed by atoms with Crippen LogP contribution in [0.3, 0.4) is 0 Å². The molecule has 0 aliphatic heterocycles. The number of alkyl halides is 1. The Morgan fingerprint density at radius 1 is 1.57 bits per heavy atom. The van der Waals surface area contributed by atoms with Gasteiger partial charge in [0.05, 0.1) is 18.6 Å². The maximum atomic E-state index is 8.28. The van der Waals surface area contributed by atoms with E-state index in [-0.39, 0.29) is 50.2 Å². The number of rotatable bonds is 2. The number of hydrogen-bond acceptors (Lipinski definition) is 2. The molecule has 1 unspecified atom stereocenters. The zero-order valence-electron chi connectivity index (χ0n) is 3.26. The van der Waals surface area contributed by atoms with Crippen molar-refractivity contribution in [1.29, 1.82) is 0 Å². The molecule has 2 nitrogen and oxygen atoms in total. The molecular formula is C3H9CaClO2. The second-order valence-electron chi connectivity index (χ2n) is 0.991. The zero-order valence-corrected chi connectivity index (χ0v) is 4.02. The van der Waals surface area contributed by atoms with Crippen molar-refractivity contribution < 1.29 is 10.2 Å². The van der Waals surface area contributed by atoms with E-state index < -0.39 is 6.10 Å². The molecule has 0 aromatic rings. The van der Waals surface area contributed by atoms with Crippen LogP contribution in [0.5, 0.6) is 0 Å². The average Bonchev–Trinajstić information content (AvgIpc) is 1.65. The first-order valence-corrected chi connectivity index (χ1v) is 2.19. The number of aliphatic hydroxyl groups excluding tert-OH is 2. The van der Waals surface area contributed by atoms with Gasteiger partial charge in [0.1, 0.15) is 0 Å². The van der Waals surface area contributed by atoms with Crippen LogP contribution in [-0.4, -0.2) is 66.5 Å². The molecule has 0 saturated heterocycles. The summed E-state index contributed by atoms with van der Waals surface area (Å²) in [5.74, 6) is 0.108. The van der Waals surface area contributed by atoms with Crippen LogP contribution in [0.15, 0.2) is 0 Å². The molecule has 0 aliphatic carbocycles. The molecule has 0 aromatic carbocycles. The second-order valence-corrected chi connectivity index (χ2v) is 1.30. The molecule has 0 saturated carbocycles. The van der Waals surface area contributed by atoms with E-state index in [1.54, 1.807) is 0 Å². The molecule has 7 heavy (non-hydrogen) atoms. The first kappa shape index (κ1) is 11.3. The van der Waals surface area contributed by atoms with E-state index in [1.165, 1.54) is 0 Å². The van der Waals surface area contributed by atoms with Crippen LogP contribution in [0.1, 0.15) is 0 Å². The summed E-state index contributed by atoms with van der Waals surface area (Å²) < 4.78 is 0. The number of hydrogen-bond donors (Lipinski definition) is 2. The predicted molar refractivity (Wildman–Crippen MR) is 32.4 cm³/mol. The van der Waals surface area contributed by atoms with Gasteiger partial charge in [0.15, 0.2) is 0 Å². The quantitative estimate of drug-likeness (QED) is 0.380. The van der Waals surface area contributed by atoms with Crippen molar-refractivity contribution in [1.82, 2.24) is 0 Å². The van der Waals surface area contributed by atoms with Gasteiger partial charge in [-0.25, -0.2) is 0 Å². The SMILES string of the molecule is OCC(O)CCl.[CaH2]. The topological polar surface area (TPSA) is 40.5 Å². The third kappa shape index (κ3) is 7.47. The van der Waals surface area contributed by atoms with Gasteiger partial charge in [0, 0.05) is 0 Å². The van der Waals surface area contributed by atoms with E-state index in [2.05, 4.69) is 0 Å². The molecule has 0 bridgehead atoms. The molecule has 0 aliphatic rings. The predicted octanol–water partition coefficient (Wildman–Crippen LogP) is -1.34. The van der Waals surface area contributed by atoms with Gasteiger partial charge in [-0.3, -0.25) is 0 Å². The maximum absolute atomic E-state index is 8.28. The minimum absolute atomic E-state index is 0. The van der Waals surface area contributed by atoms with Crippen molar-refractivity contribution in [2.75, 3.05) is 12.5 Å². The van der Waals surface area contributed by atoms with Crippen LogP contribution in [0.25, 0.3) is 0 Å². The number of aliphatic hydroxyl groups is 2. The fourth-order valence-corrected chi connectivity index (χ4v) is 0.146. The summed E-state index contributed by atoms with van der Waals surface area (Å²) in [5.41, 5.74) is 0. The zero-order chi connectivity index (χ0) is 4.99. The van der Waals surface area contributed by atoms with Gasteiger partial charge >= 0.3 is 37.7 Å². The summed E-state index contributed by atoms with van der Waals surface area (Å²) in [6, 6.07) is 0. The van der Waals surface area contributed by atoms with Crippen molar-refractivity contribution >= 4 is 49.3 Å². The molecule has 42 valence electrons. The Morgan fingerprint density at radius 2 is 2.00 bits per heavy atom. The monoisotopic (exact) mass is 152 g/mol. The van der Waals surface area contributed by atoms with Gasteiger partial charge in [0.25, 0.3) is 0 Å². The van der Waals surface area contributed by atoms with Crippen molar-refractivity contribution in [3.63, 3.8) is 0 Å². The first-order chi connectivity index (χ1) is 2.81. The molecule has 0 aromatic heterocycles. The van der Waals surface area contributed by atoms with Crippen LogP contribution >= 0.6 is 11.6 Å². The fourth-order valence-electron chi connectivity index (χ4n) is 0.0488. The molecule has 0 rings (SSSR count). The summed E-state index contributed by atoms with van der Waals surface area (Å²) in [6.07, 6.45) is -0.744. The van der Waals surface area contributed by atoms with Crippen LogP contribution in [-0.2, 0) is 0 Å². The second kappa shape index (κ2) is 7.47. The standard InChI is InChI=1S/C3H7ClO2.Ca.2H/c4-1-3(6)2-5;;;/h3,5-6H,1-2H2;;;. The van der Waals surface area contributed by atoms with E-state index in [9.17, 15) is 0 Å². The van der Waals surface area contributed by atoms with Crippen LogP contribution in [0, 0.1) is 0 Å². The van der Waals surface area contributed by atoms with Gasteiger partial charge in [-0.1, -0.05) is 0 Å². The number of halogens is 1. The Hall–Kier alpha value is 1.47. The molecule has 0 fully saturated rings. The van der Waals surface area contributed by atoms with Gasteiger partial charge < -0.3 is 10.2 Å². The summed E-state index contributed by atoms with van der Waals surface area (Å²) in [7, 11) is 0. The molecule has 0 heterocycles. The fraction of sp³-hybridized carbons (Fsp3) is 1.00. The first-order valence-electron chi connectivity index (χ1n) is 1.66. The summed E-state index contributed by atoms with van der Waals surface area (Å²) >= 11 is 5.04. The Kier molecular flexibility index (Phi) is 12.0. The van der Waals surface area contributed by atoms with Crippen molar-refractivity contribution in [2.24, 2.45) is 0 Å². The molecular weight excluding hydrogens is 144 g/mol. The Morgan fingerprint density at radius 3 is 2.00 bits per heavy atom. The van der Waals surface area contributed by atoms with Crippen molar-refractivity contribution in [3.8, 4) is 0 Å².